The van der Waals surface area contributed by atoms with Crippen LogP contribution in [0.5, 0.6) is 17.4 Å². The van der Waals surface area contributed by atoms with Crippen LogP contribution in [0.3, 0.4) is 0 Å². The Balaban J connectivity index is 2.50. The fourth-order valence-corrected chi connectivity index (χ4v) is 3.16. The van der Waals surface area contributed by atoms with Crippen molar-refractivity contribution < 1.29 is 27.4 Å². The van der Waals surface area contributed by atoms with Crippen molar-refractivity contribution in [3.05, 3.63) is 29.6 Å². The highest BCUT2D eigenvalue weighted by Crippen LogP contribution is 2.37. The first-order chi connectivity index (χ1) is 14.3. The van der Waals surface area contributed by atoms with Crippen LogP contribution in [0.2, 0.25) is 0 Å². The minimum atomic E-state index is -4.77. The Bertz CT molecular complexity index is 841. The fraction of sp³-hybridized carbons (Fsp3) is 0.545. The van der Waals surface area contributed by atoms with E-state index in [1.54, 1.807) is 0 Å². The highest BCUT2D eigenvalue weighted by molar-refractivity contribution is 5.71. The molecular formula is C22H29F3N2O3. The lowest BCUT2D eigenvalue weighted by atomic mass is 10.1. The first-order valence-corrected chi connectivity index (χ1v) is 10.3. The van der Waals surface area contributed by atoms with E-state index in [0.29, 0.717) is 41.4 Å². The topological polar surface area (TPSA) is 53.5 Å². The summed E-state index contributed by atoms with van der Waals surface area (Å²) in [4.78, 5) is 9.48. The number of ether oxygens (including phenoxy) is 3. The van der Waals surface area contributed by atoms with E-state index in [4.69, 9.17) is 19.4 Å². The van der Waals surface area contributed by atoms with Crippen LogP contribution < -0.4 is 14.2 Å². The number of methoxy groups -OCH3 is 1. The smallest absolute Gasteiger partial charge is 0.496 e. The SMILES string of the molecule is CCCC(CC)Oc1nc(CC)c(-c2ccc(OC(F)(F)F)cc2OC)nc1CC. The van der Waals surface area contributed by atoms with Crippen LogP contribution in [0, 0.1) is 0 Å². The van der Waals surface area contributed by atoms with Crippen LogP contribution in [0.25, 0.3) is 11.3 Å². The van der Waals surface area contributed by atoms with Gasteiger partial charge in [0.1, 0.15) is 23.3 Å². The molecule has 0 aliphatic rings. The van der Waals surface area contributed by atoms with Gasteiger partial charge in [-0.1, -0.05) is 34.1 Å². The standard InChI is InChI=1S/C22H29F3N2O3/c1-6-10-14(7-2)29-21-18(9-4)26-20(17(8-3)27-21)16-12-11-15(13-19(16)28-5)30-22(23,24)25/h11-14H,6-10H2,1-5H3. The minimum Gasteiger partial charge on any atom is -0.496 e. The normalized spacial score (nSPS) is 12.5. The Morgan fingerprint density at radius 2 is 1.70 bits per heavy atom. The summed E-state index contributed by atoms with van der Waals surface area (Å²) in [5, 5.41) is 0. The molecule has 30 heavy (non-hydrogen) atoms. The van der Waals surface area contributed by atoms with E-state index >= 15 is 0 Å². The van der Waals surface area contributed by atoms with E-state index in [9.17, 15) is 13.2 Å². The Morgan fingerprint density at radius 1 is 1.00 bits per heavy atom. The molecule has 0 fully saturated rings. The number of benzene rings is 1. The van der Waals surface area contributed by atoms with Crippen molar-refractivity contribution in [2.75, 3.05) is 7.11 Å². The van der Waals surface area contributed by atoms with E-state index in [2.05, 4.69) is 18.6 Å². The summed E-state index contributed by atoms with van der Waals surface area (Å²) in [6.45, 7) is 8.09. The molecule has 0 N–H and O–H groups in total. The Labute approximate surface area is 175 Å². The monoisotopic (exact) mass is 426 g/mol. The summed E-state index contributed by atoms with van der Waals surface area (Å²) < 4.78 is 53.1. The van der Waals surface area contributed by atoms with Gasteiger partial charge in [-0.05, 0) is 37.8 Å². The van der Waals surface area contributed by atoms with E-state index in [1.807, 2.05) is 13.8 Å². The molecule has 0 aliphatic heterocycles. The van der Waals surface area contributed by atoms with Crippen LogP contribution in [0.4, 0.5) is 13.2 Å². The lowest BCUT2D eigenvalue weighted by molar-refractivity contribution is -0.274. The highest BCUT2D eigenvalue weighted by atomic mass is 19.4. The number of nitrogens with zero attached hydrogens (tertiary/aromatic N) is 2. The first kappa shape index (κ1) is 23.8. The van der Waals surface area contributed by atoms with Gasteiger partial charge in [0, 0.05) is 11.6 Å². The summed E-state index contributed by atoms with van der Waals surface area (Å²) >= 11 is 0. The molecule has 0 amide bonds. The molecule has 0 saturated heterocycles. The third-order valence-corrected chi connectivity index (χ3v) is 4.68. The number of hydrogen-bond acceptors (Lipinski definition) is 5. The predicted octanol–water partition coefficient (Wildman–Crippen LogP) is 6.13. The quantitative estimate of drug-likeness (QED) is 0.457. The van der Waals surface area contributed by atoms with Gasteiger partial charge in [-0.2, -0.15) is 0 Å². The maximum atomic E-state index is 12.6. The van der Waals surface area contributed by atoms with Crippen molar-refractivity contribution in [2.24, 2.45) is 0 Å². The summed E-state index contributed by atoms with van der Waals surface area (Å²) in [5.74, 6) is 0.401. The molecule has 2 rings (SSSR count). The molecule has 1 heterocycles. The zero-order valence-electron chi connectivity index (χ0n) is 18.1. The van der Waals surface area contributed by atoms with Crippen molar-refractivity contribution in [3.63, 3.8) is 0 Å². The van der Waals surface area contributed by atoms with Crippen molar-refractivity contribution >= 4 is 0 Å². The molecule has 0 saturated carbocycles. The van der Waals surface area contributed by atoms with Gasteiger partial charge in [-0.3, -0.25) is 0 Å². The molecule has 0 radical (unpaired) electrons. The average Bonchev–Trinajstić information content (AvgIpc) is 2.71. The number of halogens is 3. The van der Waals surface area contributed by atoms with Crippen LogP contribution in [0.1, 0.15) is 58.3 Å². The largest absolute Gasteiger partial charge is 0.573 e. The summed E-state index contributed by atoms with van der Waals surface area (Å²) in [6.07, 6.45) is -0.704. The molecule has 0 aliphatic carbocycles. The molecular weight excluding hydrogens is 397 g/mol. The zero-order valence-corrected chi connectivity index (χ0v) is 18.1. The summed E-state index contributed by atoms with van der Waals surface area (Å²) in [7, 11) is 1.39. The maximum absolute atomic E-state index is 12.6. The van der Waals surface area contributed by atoms with Crippen molar-refractivity contribution in [3.8, 4) is 28.6 Å². The highest BCUT2D eigenvalue weighted by Gasteiger charge is 2.31. The van der Waals surface area contributed by atoms with Crippen molar-refractivity contribution in [1.82, 2.24) is 9.97 Å². The lowest BCUT2D eigenvalue weighted by Gasteiger charge is -2.20. The number of aromatic nitrogens is 2. The Hall–Kier alpha value is -2.51. The van der Waals surface area contributed by atoms with Crippen molar-refractivity contribution in [2.45, 2.75) is 72.3 Å². The third kappa shape index (κ3) is 6.00. The molecule has 0 bridgehead atoms. The van der Waals surface area contributed by atoms with E-state index in [-0.39, 0.29) is 17.6 Å². The second-order valence-electron chi connectivity index (χ2n) is 6.82. The Kier molecular flexibility index (Phi) is 8.32. The van der Waals surface area contributed by atoms with Gasteiger partial charge in [0.2, 0.25) is 5.88 Å². The number of alkyl halides is 3. The Morgan fingerprint density at radius 3 is 2.23 bits per heavy atom. The molecule has 0 spiro atoms. The van der Waals surface area contributed by atoms with Crippen LogP contribution in [-0.2, 0) is 12.8 Å². The minimum absolute atomic E-state index is 0.0680. The van der Waals surface area contributed by atoms with Gasteiger partial charge in [0.25, 0.3) is 0 Å². The number of hydrogen-bond donors (Lipinski definition) is 0. The molecule has 1 aromatic carbocycles. The van der Waals surface area contributed by atoms with Crippen molar-refractivity contribution in [1.29, 1.82) is 0 Å². The molecule has 5 nitrogen and oxygen atoms in total. The van der Waals surface area contributed by atoms with E-state index in [0.717, 1.165) is 19.3 Å². The van der Waals surface area contributed by atoms with Crippen LogP contribution in [-0.4, -0.2) is 29.5 Å². The molecule has 166 valence electrons. The number of rotatable bonds is 10. The zero-order chi connectivity index (χ0) is 22.3. The van der Waals surface area contributed by atoms with Gasteiger partial charge in [0.15, 0.2) is 0 Å². The maximum Gasteiger partial charge on any atom is 0.573 e. The fourth-order valence-electron chi connectivity index (χ4n) is 3.16. The first-order valence-electron chi connectivity index (χ1n) is 10.3. The lowest BCUT2D eigenvalue weighted by Crippen LogP contribution is -2.18. The number of aryl methyl sites for hydroxylation is 2. The van der Waals surface area contributed by atoms with E-state index < -0.39 is 6.36 Å². The molecule has 1 unspecified atom stereocenters. The molecule has 8 heteroatoms. The third-order valence-electron chi connectivity index (χ3n) is 4.68. The second kappa shape index (κ2) is 10.5. The predicted molar refractivity (Wildman–Crippen MR) is 109 cm³/mol. The van der Waals surface area contributed by atoms with E-state index in [1.165, 1.54) is 25.3 Å². The molecule has 2 aromatic rings. The van der Waals surface area contributed by atoms with Crippen LogP contribution in [0.15, 0.2) is 18.2 Å². The van der Waals surface area contributed by atoms with Gasteiger partial charge >= 0.3 is 6.36 Å². The summed E-state index contributed by atoms with van der Waals surface area (Å²) in [5.41, 5.74) is 2.52. The summed E-state index contributed by atoms with van der Waals surface area (Å²) in [6, 6.07) is 3.96. The van der Waals surface area contributed by atoms with Gasteiger partial charge in [-0.25, -0.2) is 9.97 Å². The van der Waals surface area contributed by atoms with Gasteiger partial charge < -0.3 is 14.2 Å². The molecule has 1 atom stereocenters. The second-order valence-corrected chi connectivity index (χ2v) is 6.82. The van der Waals surface area contributed by atoms with Gasteiger partial charge in [-0.15, -0.1) is 13.2 Å². The average molecular weight is 426 g/mol. The van der Waals surface area contributed by atoms with Crippen LogP contribution >= 0.6 is 0 Å². The van der Waals surface area contributed by atoms with Gasteiger partial charge in [0.05, 0.1) is 18.5 Å². The molecule has 1 aromatic heterocycles.